The molecule has 1 nitrogen and oxygen atoms in total. The molecular weight excluding hydrogens is 278 g/mol. The first kappa shape index (κ1) is 15.7. The first-order valence-corrected chi connectivity index (χ1v) is 8.82. The van der Waals surface area contributed by atoms with Crippen LogP contribution in [0.3, 0.4) is 0 Å². The van der Waals surface area contributed by atoms with Crippen LogP contribution < -0.4 is 0 Å². The third-order valence-corrected chi connectivity index (χ3v) is 4.40. The van der Waals surface area contributed by atoms with Gasteiger partial charge in [0.05, 0.1) is 11.2 Å². The molecule has 0 aliphatic carbocycles. The Bertz CT molecular complexity index is 746. The normalized spacial score (nSPS) is 11.0. The fraction of sp³-hybridized carbons (Fsp3) is 0.318. The molecule has 0 saturated carbocycles. The molecule has 0 atom stereocenters. The van der Waals surface area contributed by atoms with Crippen LogP contribution in [0.2, 0.25) is 0 Å². The van der Waals surface area contributed by atoms with Crippen molar-refractivity contribution in [1.29, 1.82) is 0 Å². The maximum atomic E-state index is 4.96. The van der Waals surface area contributed by atoms with Crippen molar-refractivity contribution in [2.24, 2.45) is 0 Å². The summed E-state index contributed by atoms with van der Waals surface area (Å²) < 4.78 is 0. The highest BCUT2D eigenvalue weighted by Gasteiger charge is 2.09. The molecule has 2 aromatic carbocycles. The molecule has 23 heavy (non-hydrogen) atoms. The van der Waals surface area contributed by atoms with Gasteiger partial charge in [0.1, 0.15) is 0 Å². The minimum Gasteiger partial charge on any atom is -0.248 e. The summed E-state index contributed by atoms with van der Waals surface area (Å²) in [5.74, 6) is 0. The van der Waals surface area contributed by atoms with E-state index in [0.29, 0.717) is 0 Å². The van der Waals surface area contributed by atoms with Crippen LogP contribution in [-0.2, 0) is 6.42 Å². The molecule has 118 valence electrons. The fourth-order valence-electron chi connectivity index (χ4n) is 3.12. The van der Waals surface area contributed by atoms with Gasteiger partial charge in [-0.15, -0.1) is 0 Å². The molecule has 1 aromatic heterocycles. The molecule has 0 spiro atoms. The van der Waals surface area contributed by atoms with Crippen molar-refractivity contribution < 1.29 is 0 Å². The second kappa shape index (κ2) is 7.92. The quantitative estimate of drug-likeness (QED) is 0.459. The zero-order chi connectivity index (χ0) is 15.9. The number of para-hydroxylation sites is 1. The van der Waals surface area contributed by atoms with Crippen LogP contribution in [-0.4, -0.2) is 4.98 Å². The topological polar surface area (TPSA) is 12.9 Å². The van der Waals surface area contributed by atoms with Gasteiger partial charge in [0.25, 0.3) is 0 Å². The molecule has 1 heterocycles. The van der Waals surface area contributed by atoms with E-state index in [2.05, 4.69) is 67.6 Å². The average molecular weight is 303 g/mol. The second-order valence-corrected chi connectivity index (χ2v) is 6.22. The number of fused-ring (bicyclic) bond motifs is 1. The lowest BCUT2D eigenvalue weighted by atomic mass is 9.98. The van der Waals surface area contributed by atoms with Gasteiger partial charge in [-0.3, -0.25) is 0 Å². The summed E-state index contributed by atoms with van der Waals surface area (Å²) in [5.41, 5.74) is 4.84. The molecule has 0 bridgehead atoms. The third-order valence-electron chi connectivity index (χ3n) is 4.40. The lowest BCUT2D eigenvalue weighted by Crippen LogP contribution is -1.95. The van der Waals surface area contributed by atoms with Gasteiger partial charge < -0.3 is 0 Å². The van der Waals surface area contributed by atoms with E-state index in [1.165, 1.54) is 48.6 Å². The maximum Gasteiger partial charge on any atom is 0.0741 e. The number of pyridine rings is 1. The van der Waals surface area contributed by atoms with Crippen LogP contribution in [0.15, 0.2) is 60.7 Å². The molecule has 0 aliphatic heterocycles. The van der Waals surface area contributed by atoms with E-state index in [1.807, 2.05) is 0 Å². The molecular formula is C22H25N. The molecule has 3 rings (SSSR count). The summed E-state index contributed by atoms with van der Waals surface area (Å²) in [7, 11) is 0. The number of hydrogen-bond donors (Lipinski definition) is 0. The minimum atomic E-state index is 1.08. The van der Waals surface area contributed by atoms with Crippen molar-refractivity contribution in [2.45, 2.75) is 45.4 Å². The van der Waals surface area contributed by atoms with Gasteiger partial charge in [-0.1, -0.05) is 81.1 Å². The summed E-state index contributed by atoms with van der Waals surface area (Å²) >= 11 is 0. The Morgan fingerprint density at radius 2 is 1.52 bits per heavy atom. The van der Waals surface area contributed by atoms with Gasteiger partial charge >= 0.3 is 0 Å². The number of hydrogen-bond acceptors (Lipinski definition) is 1. The van der Waals surface area contributed by atoms with Crippen molar-refractivity contribution in [3.05, 3.63) is 66.2 Å². The molecule has 0 saturated heterocycles. The van der Waals surface area contributed by atoms with E-state index in [9.17, 15) is 0 Å². The van der Waals surface area contributed by atoms with Crippen LogP contribution in [0, 0.1) is 0 Å². The molecule has 0 fully saturated rings. The number of benzene rings is 2. The number of aromatic nitrogens is 1. The van der Waals surface area contributed by atoms with E-state index < -0.39 is 0 Å². The summed E-state index contributed by atoms with van der Waals surface area (Å²) in [5, 5.41) is 1.25. The number of rotatable bonds is 7. The molecule has 0 unspecified atom stereocenters. The van der Waals surface area contributed by atoms with Crippen molar-refractivity contribution in [3.63, 3.8) is 0 Å². The van der Waals surface area contributed by atoms with Crippen LogP contribution >= 0.6 is 0 Å². The first-order valence-electron chi connectivity index (χ1n) is 8.82. The van der Waals surface area contributed by atoms with Gasteiger partial charge in [-0.2, -0.15) is 0 Å². The van der Waals surface area contributed by atoms with Crippen LogP contribution in [0.25, 0.3) is 22.2 Å². The standard InChI is InChI=1S/C22H25N/c1-2-3-4-5-7-15-20-17-19-14-10-11-16-21(19)23-22(20)18-12-8-6-9-13-18/h6,8-14,16-17H,2-5,7,15H2,1H3. The Morgan fingerprint density at radius 3 is 2.35 bits per heavy atom. The maximum absolute atomic E-state index is 4.96. The Balaban J connectivity index is 1.90. The van der Waals surface area contributed by atoms with Crippen molar-refractivity contribution in [1.82, 2.24) is 4.98 Å². The summed E-state index contributed by atoms with van der Waals surface area (Å²) in [6.45, 7) is 2.26. The second-order valence-electron chi connectivity index (χ2n) is 6.22. The zero-order valence-corrected chi connectivity index (χ0v) is 14.0. The zero-order valence-electron chi connectivity index (χ0n) is 14.0. The Kier molecular flexibility index (Phi) is 5.42. The van der Waals surface area contributed by atoms with Gasteiger partial charge in [0, 0.05) is 10.9 Å². The lowest BCUT2D eigenvalue weighted by Gasteiger charge is -2.11. The van der Waals surface area contributed by atoms with E-state index in [4.69, 9.17) is 4.98 Å². The summed E-state index contributed by atoms with van der Waals surface area (Å²) in [4.78, 5) is 4.96. The Labute approximate surface area is 139 Å². The number of nitrogens with zero attached hydrogens (tertiary/aromatic N) is 1. The Morgan fingerprint density at radius 1 is 0.783 bits per heavy atom. The molecule has 3 aromatic rings. The number of aryl methyl sites for hydroxylation is 1. The minimum absolute atomic E-state index is 1.08. The van der Waals surface area contributed by atoms with Crippen LogP contribution in [0.1, 0.15) is 44.6 Å². The summed E-state index contributed by atoms with van der Waals surface area (Å²) in [6, 6.07) is 21.3. The largest absolute Gasteiger partial charge is 0.248 e. The highest BCUT2D eigenvalue weighted by atomic mass is 14.7. The smallest absolute Gasteiger partial charge is 0.0741 e. The molecule has 1 heteroatoms. The predicted octanol–water partition coefficient (Wildman–Crippen LogP) is 6.41. The summed E-state index contributed by atoms with van der Waals surface area (Å²) in [6.07, 6.45) is 7.67. The van der Waals surface area contributed by atoms with Gasteiger partial charge in [0.2, 0.25) is 0 Å². The average Bonchev–Trinajstić information content (AvgIpc) is 2.61. The fourth-order valence-corrected chi connectivity index (χ4v) is 3.12. The predicted molar refractivity (Wildman–Crippen MR) is 99.6 cm³/mol. The monoisotopic (exact) mass is 303 g/mol. The van der Waals surface area contributed by atoms with Crippen molar-refractivity contribution in [3.8, 4) is 11.3 Å². The van der Waals surface area contributed by atoms with E-state index in [1.54, 1.807) is 0 Å². The third kappa shape index (κ3) is 3.98. The van der Waals surface area contributed by atoms with Crippen molar-refractivity contribution in [2.75, 3.05) is 0 Å². The van der Waals surface area contributed by atoms with E-state index in [-0.39, 0.29) is 0 Å². The van der Waals surface area contributed by atoms with E-state index >= 15 is 0 Å². The molecule has 0 aliphatic rings. The number of unbranched alkanes of at least 4 members (excludes halogenated alkanes) is 4. The van der Waals surface area contributed by atoms with Gasteiger partial charge in [-0.05, 0) is 30.5 Å². The molecule has 0 amide bonds. The molecule has 0 N–H and O–H groups in total. The van der Waals surface area contributed by atoms with Crippen LogP contribution in [0.5, 0.6) is 0 Å². The first-order chi connectivity index (χ1) is 11.4. The highest BCUT2D eigenvalue weighted by molar-refractivity contribution is 5.83. The van der Waals surface area contributed by atoms with Gasteiger partial charge in [-0.25, -0.2) is 4.98 Å². The molecule has 0 radical (unpaired) electrons. The van der Waals surface area contributed by atoms with Crippen LogP contribution in [0.4, 0.5) is 0 Å². The van der Waals surface area contributed by atoms with E-state index in [0.717, 1.165) is 17.6 Å². The van der Waals surface area contributed by atoms with Crippen molar-refractivity contribution >= 4 is 10.9 Å². The SMILES string of the molecule is CCCCCCCc1cc2ccccc2nc1-c1ccccc1. The van der Waals surface area contributed by atoms with Gasteiger partial charge in [0.15, 0.2) is 0 Å². The lowest BCUT2D eigenvalue weighted by molar-refractivity contribution is 0.632. The Hall–Kier alpha value is -2.15. The highest BCUT2D eigenvalue weighted by Crippen LogP contribution is 2.27.